The van der Waals surface area contributed by atoms with Crippen LogP contribution in [0, 0.1) is 0 Å². The molecule has 0 amide bonds. The summed E-state index contributed by atoms with van der Waals surface area (Å²) in [6, 6.07) is 7.09. The maximum atomic E-state index is 12.3. The SMILES string of the molecule is CCCCCCCCCCCC(=O)OC(Cc1cccc(C2CCN(CCC(N)C(=O)O)CC2)c1)C(=O)O. The number of ether oxygens (including phenoxy) is 1. The second kappa shape index (κ2) is 17.9. The maximum absolute atomic E-state index is 12.3. The number of hydrogen-bond acceptors (Lipinski definition) is 6. The minimum atomic E-state index is -1.18. The molecule has 8 heteroatoms. The van der Waals surface area contributed by atoms with E-state index in [1.807, 2.05) is 18.2 Å². The second-order valence-corrected chi connectivity index (χ2v) is 10.7. The maximum Gasteiger partial charge on any atom is 0.345 e. The van der Waals surface area contributed by atoms with Gasteiger partial charge in [0.15, 0.2) is 0 Å². The van der Waals surface area contributed by atoms with Crippen molar-refractivity contribution in [1.29, 1.82) is 0 Å². The monoisotopic (exact) mass is 532 g/mol. The van der Waals surface area contributed by atoms with Crippen LogP contribution < -0.4 is 5.73 Å². The van der Waals surface area contributed by atoms with Crippen molar-refractivity contribution in [3.8, 4) is 0 Å². The predicted molar refractivity (Wildman–Crippen MR) is 148 cm³/mol. The molecule has 2 rings (SSSR count). The number of likely N-dealkylation sites (tertiary alicyclic amines) is 1. The average molecular weight is 533 g/mol. The highest BCUT2D eigenvalue weighted by Crippen LogP contribution is 2.29. The van der Waals surface area contributed by atoms with Crippen molar-refractivity contribution >= 4 is 17.9 Å². The number of esters is 1. The van der Waals surface area contributed by atoms with Crippen LogP contribution in [0.25, 0.3) is 0 Å². The first-order valence-corrected chi connectivity index (χ1v) is 14.5. The largest absolute Gasteiger partial charge is 0.480 e. The molecule has 1 saturated heterocycles. The summed E-state index contributed by atoms with van der Waals surface area (Å²) in [5.41, 5.74) is 7.63. The molecule has 1 aliphatic rings. The lowest BCUT2D eigenvalue weighted by atomic mass is 9.88. The van der Waals surface area contributed by atoms with Gasteiger partial charge in [0.1, 0.15) is 6.04 Å². The quantitative estimate of drug-likeness (QED) is 0.165. The Kier molecular flexibility index (Phi) is 15.0. The zero-order chi connectivity index (χ0) is 27.8. The van der Waals surface area contributed by atoms with Crippen LogP contribution in [-0.4, -0.2) is 64.8 Å². The number of carboxylic acid groups (broad SMARTS) is 2. The van der Waals surface area contributed by atoms with Crippen molar-refractivity contribution < 1.29 is 29.3 Å². The summed E-state index contributed by atoms with van der Waals surface area (Å²) in [5, 5.41) is 18.6. The van der Waals surface area contributed by atoms with E-state index in [0.717, 1.165) is 56.3 Å². The molecule has 0 aliphatic carbocycles. The smallest absolute Gasteiger partial charge is 0.345 e. The first-order chi connectivity index (χ1) is 18.3. The molecule has 1 aromatic rings. The molecule has 4 N–H and O–H groups in total. The fourth-order valence-corrected chi connectivity index (χ4v) is 5.10. The summed E-state index contributed by atoms with van der Waals surface area (Å²) in [6.07, 6.45) is 11.9. The van der Waals surface area contributed by atoms with Crippen LogP contribution in [0.2, 0.25) is 0 Å². The van der Waals surface area contributed by atoms with Crippen LogP contribution in [0.4, 0.5) is 0 Å². The van der Waals surface area contributed by atoms with E-state index in [4.69, 9.17) is 15.6 Å². The number of carbonyl (C=O) groups excluding carboxylic acids is 1. The van der Waals surface area contributed by atoms with Gasteiger partial charge in [0.05, 0.1) is 0 Å². The fraction of sp³-hybridized carbons (Fsp3) is 0.700. The topological polar surface area (TPSA) is 130 Å². The molecular formula is C30H48N2O6. The summed E-state index contributed by atoms with van der Waals surface area (Å²) in [6.45, 7) is 4.62. The van der Waals surface area contributed by atoms with Crippen LogP contribution in [0.1, 0.15) is 107 Å². The third-order valence-corrected chi connectivity index (χ3v) is 7.54. The van der Waals surface area contributed by atoms with Crippen LogP contribution in [0.3, 0.4) is 0 Å². The molecule has 1 aromatic carbocycles. The highest BCUT2D eigenvalue weighted by atomic mass is 16.6. The molecule has 1 fully saturated rings. The summed E-state index contributed by atoms with van der Waals surface area (Å²) >= 11 is 0. The number of carboxylic acids is 2. The molecule has 2 unspecified atom stereocenters. The Labute approximate surface area is 227 Å². The molecule has 0 saturated carbocycles. The molecule has 0 bridgehead atoms. The van der Waals surface area contributed by atoms with E-state index >= 15 is 0 Å². The molecule has 0 aromatic heterocycles. The Hall–Kier alpha value is -2.45. The Morgan fingerprint density at radius 3 is 2.21 bits per heavy atom. The number of hydrogen-bond donors (Lipinski definition) is 3. The van der Waals surface area contributed by atoms with E-state index < -0.39 is 30.1 Å². The minimum Gasteiger partial charge on any atom is -0.480 e. The Bertz CT molecular complexity index is 853. The van der Waals surface area contributed by atoms with Gasteiger partial charge in [0.25, 0.3) is 0 Å². The van der Waals surface area contributed by atoms with Crippen molar-refractivity contribution in [3.63, 3.8) is 0 Å². The number of nitrogens with two attached hydrogens (primary N) is 1. The molecular weight excluding hydrogens is 484 g/mol. The van der Waals surface area contributed by atoms with Gasteiger partial charge in [-0.15, -0.1) is 0 Å². The number of piperidine rings is 1. The number of benzene rings is 1. The van der Waals surface area contributed by atoms with Gasteiger partial charge >= 0.3 is 17.9 Å². The highest BCUT2D eigenvalue weighted by Gasteiger charge is 2.25. The molecule has 8 nitrogen and oxygen atoms in total. The molecule has 1 heterocycles. The number of aliphatic carboxylic acids is 2. The normalized spacial score (nSPS) is 16.2. The van der Waals surface area contributed by atoms with E-state index in [9.17, 15) is 19.5 Å². The summed E-state index contributed by atoms with van der Waals surface area (Å²) in [5.74, 6) is -2.17. The fourth-order valence-electron chi connectivity index (χ4n) is 5.10. The van der Waals surface area contributed by atoms with Gasteiger partial charge in [-0.25, -0.2) is 4.79 Å². The zero-order valence-corrected chi connectivity index (χ0v) is 23.1. The number of unbranched alkanes of at least 4 members (excludes halogenated alkanes) is 8. The number of nitrogens with zero attached hydrogens (tertiary/aromatic N) is 1. The van der Waals surface area contributed by atoms with Crippen molar-refractivity contribution in [3.05, 3.63) is 35.4 Å². The lowest BCUT2D eigenvalue weighted by Gasteiger charge is -2.32. The van der Waals surface area contributed by atoms with Crippen molar-refractivity contribution in [2.75, 3.05) is 19.6 Å². The first kappa shape index (κ1) is 31.8. The predicted octanol–water partition coefficient (Wildman–Crippen LogP) is 5.13. The molecule has 214 valence electrons. The molecule has 0 radical (unpaired) electrons. The van der Waals surface area contributed by atoms with Crippen molar-refractivity contribution in [1.82, 2.24) is 4.90 Å². The molecule has 1 aliphatic heterocycles. The van der Waals surface area contributed by atoms with Gasteiger partial charge in [0, 0.05) is 19.4 Å². The van der Waals surface area contributed by atoms with Crippen molar-refractivity contribution in [2.45, 2.75) is 115 Å². The van der Waals surface area contributed by atoms with Gasteiger partial charge in [-0.1, -0.05) is 82.6 Å². The van der Waals surface area contributed by atoms with E-state index in [2.05, 4.69) is 17.9 Å². The molecule has 2 atom stereocenters. The van der Waals surface area contributed by atoms with Gasteiger partial charge in [-0.05, 0) is 55.8 Å². The van der Waals surface area contributed by atoms with Gasteiger partial charge < -0.3 is 25.6 Å². The van der Waals surface area contributed by atoms with Crippen LogP contribution in [0.15, 0.2) is 24.3 Å². The standard InChI is InChI=1S/C30H48N2O6/c1-2-3-4-5-6-7-8-9-10-14-28(33)38-27(30(36)37)22-23-12-11-13-25(21-23)24-15-18-32(19-16-24)20-17-26(31)29(34)35/h11-13,21,24,26-27H,2-10,14-20,22,31H2,1H3,(H,34,35)(H,36,37). The van der Waals surface area contributed by atoms with Gasteiger partial charge in [0.2, 0.25) is 6.10 Å². The minimum absolute atomic E-state index is 0.151. The van der Waals surface area contributed by atoms with E-state index in [1.54, 1.807) is 0 Å². The van der Waals surface area contributed by atoms with Crippen LogP contribution in [-0.2, 0) is 25.5 Å². The summed E-state index contributed by atoms with van der Waals surface area (Å²) in [4.78, 5) is 37.3. The highest BCUT2D eigenvalue weighted by molar-refractivity contribution is 5.78. The second-order valence-electron chi connectivity index (χ2n) is 10.7. The summed E-state index contributed by atoms with van der Waals surface area (Å²) < 4.78 is 5.35. The van der Waals surface area contributed by atoms with E-state index in [1.165, 1.54) is 38.5 Å². The third-order valence-electron chi connectivity index (χ3n) is 7.54. The molecule has 0 spiro atoms. The number of rotatable bonds is 19. The van der Waals surface area contributed by atoms with E-state index in [-0.39, 0.29) is 12.8 Å². The molecule has 38 heavy (non-hydrogen) atoms. The first-order valence-electron chi connectivity index (χ1n) is 14.5. The van der Waals surface area contributed by atoms with Crippen molar-refractivity contribution in [2.24, 2.45) is 5.73 Å². The Morgan fingerprint density at radius 1 is 0.974 bits per heavy atom. The zero-order valence-electron chi connectivity index (χ0n) is 23.1. The van der Waals surface area contributed by atoms with Gasteiger partial charge in [-0.3, -0.25) is 9.59 Å². The van der Waals surface area contributed by atoms with Gasteiger partial charge in [-0.2, -0.15) is 0 Å². The van der Waals surface area contributed by atoms with E-state index in [0.29, 0.717) is 18.9 Å². The number of carbonyl (C=O) groups is 3. The average Bonchev–Trinajstić information content (AvgIpc) is 2.90. The van der Waals surface area contributed by atoms with Crippen LogP contribution >= 0.6 is 0 Å². The Balaban J connectivity index is 1.74. The Morgan fingerprint density at radius 2 is 1.61 bits per heavy atom. The summed E-state index contributed by atoms with van der Waals surface area (Å²) in [7, 11) is 0. The lowest BCUT2D eigenvalue weighted by Crippen LogP contribution is -2.38. The van der Waals surface area contributed by atoms with Crippen LogP contribution in [0.5, 0.6) is 0 Å². The third kappa shape index (κ3) is 12.4. The lowest BCUT2D eigenvalue weighted by molar-refractivity contribution is -0.164.